The van der Waals surface area contributed by atoms with Crippen molar-refractivity contribution in [3.8, 4) is 0 Å². The van der Waals surface area contributed by atoms with Crippen molar-refractivity contribution in [1.29, 1.82) is 0 Å². The molecule has 0 aliphatic carbocycles. The van der Waals surface area contributed by atoms with Gasteiger partial charge in [-0.1, -0.05) is 17.7 Å². The quantitative estimate of drug-likeness (QED) is 0.862. The summed E-state index contributed by atoms with van der Waals surface area (Å²) >= 11 is 1.60. The van der Waals surface area contributed by atoms with Gasteiger partial charge in [-0.2, -0.15) is 0 Å². The van der Waals surface area contributed by atoms with Gasteiger partial charge in [0, 0.05) is 17.5 Å². The van der Waals surface area contributed by atoms with Crippen LogP contribution in [0.2, 0.25) is 0 Å². The molecule has 0 bridgehead atoms. The van der Waals surface area contributed by atoms with Crippen LogP contribution < -0.4 is 11.1 Å². The van der Waals surface area contributed by atoms with E-state index in [9.17, 15) is 4.79 Å². The highest BCUT2D eigenvalue weighted by molar-refractivity contribution is 7.09. The molecule has 0 atom stereocenters. The second kappa shape index (κ2) is 7.33. The first-order valence-corrected chi connectivity index (χ1v) is 7.97. The Morgan fingerprint density at radius 1 is 1.38 bits per heavy atom. The summed E-state index contributed by atoms with van der Waals surface area (Å²) in [4.78, 5) is 16.5. The lowest BCUT2D eigenvalue weighted by molar-refractivity contribution is -0.115. The zero-order valence-electron chi connectivity index (χ0n) is 12.5. The third-order valence-electron chi connectivity index (χ3n) is 3.19. The number of amides is 1. The monoisotopic (exact) mass is 303 g/mol. The zero-order chi connectivity index (χ0) is 15.2. The maximum Gasteiger partial charge on any atom is 0.230 e. The molecule has 2 rings (SSSR count). The van der Waals surface area contributed by atoms with Crippen molar-refractivity contribution >= 4 is 22.9 Å². The standard InChI is InChI=1S/C16H21N3OS/c1-11-5-6-14(12(2)8-11)19-15(20)9-13-10-21-16(18-13)4-3-7-17/h5-6,8,10H,3-4,7,9,17H2,1-2H3,(H,19,20). The first kappa shape index (κ1) is 15.7. The highest BCUT2D eigenvalue weighted by atomic mass is 32.1. The van der Waals surface area contributed by atoms with Gasteiger partial charge in [-0.05, 0) is 38.4 Å². The summed E-state index contributed by atoms with van der Waals surface area (Å²) in [6, 6.07) is 6.00. The van der Waals surface area contributed by atoms with E-state index in [1.807, 2.05) is 31.4 Å². The number of rotatable bonds is 6. The summed E-state index contributed by atoms with van der Waals surface area (Å²) in [6.07, 6.45) is 2.13. The molecule has 0 spiro atoms. The van der Waals surface area contributed by atoms with Crippen LogP contribution in [0.15, 0.2) is 23.6 Å². The molecule has 0 saturated heterocycles. The van der Waals surface area contributed by atoms with Crippen molar-refractivity contribution in [3.05, 3.63) is 45.4 Å². The summed E-state index contributed by atoms with van der Waals surface area (Å²) < 4.78 is 0. The molecule has 21 heavy (non-hydrogen) atoms. The number of hydrogen-bond donors (Lipinski definition) is 2. The van der Waals surface area contributed by atoms with Gasteiger partial charge in [0.2, 0.25) is 5.91 Å². The van der Waals surface area contributed by atoms with E-state index in [0.29, 0.717) is 13.0 Å². The van der Waals surface area contributed by atoms with E-state index in [4.69, 9.17) is 5.73 Å². The van der Waals surface area contributed by atoms with Gasteiger partial charge in [0.25, 0.3) is 0 Å². The lowest BCUT2D eigenvalue weighted by Gasteiger charge is -2.08. The normalized spacial score (nSPS) is 10.6. The lowest BCUT2D eigenvalue weighted by Crippen LogP contribution is -2.15. The molecule has 0 aliphatic rings. The van der Waals surface area contributed by atoms with Crippen LogP contribution in [0.3, 0.4) is 0 Å². The fraction of sp³-hybridized carbons (Fsp3) is 0.375. The van der Waals surface area contributed by atoms with Crippen molar-refractivity contribution in [2.75, 3.05) is 11.9 Å². The molecule has 1 heterocycles. The topological polar surface area (TPSA) is 68.0 Å². The predicted molar refractivity (Wildman–Crippen MR) is 87.7 cm³/mol. The molecule has 1 aromatic carbocycles. The highest BCUT2D eigenvalue weighted by Gasteiger charge is 2.09. The summed E-state index contributed by atoms with van der Waals surface area (Å²) in [5, 5.41) is 5.95. The first-order chi connectivity index (χ1) is 10.1. The average Bonchev–Trinajstić information content (AvgIpc) is 2.87. The molecule has 112 valence electrons. The Bertz CT molecular complexity index is 622. The van der Waals surface area contributed by atoms with Crippen molar-refractivity contribution in [3.63, 3.8) is 0 Å². The number of nitrogens with zero attached hydrogens (tertiary/aromatic N) is 1. The summed E-state index contributed by atoms with van der Waals surface area (Å²) in [5.41, 5.74) is 9.44. The minimum Gasteiger partial charge on any atom is -0.330 e. The second-order valence-corrected chi connectivity index (χ2v) is 6.11. The van der Waals surface area contributed by atoms with Gasteiger partial charge < -0.3 is 11.1 Å². The minimum atomic E-state index is -0.0300. The molecular weight excluding hydrogens is 282 g/mol. The van der Waals surface area contributed by atoms with Gasteiger partial charge in [-0.15, -0.1) is 11.3 Å². The molecule has 0 saturated carbocycles. The van der Waals surface area contributed by atoms with Gasteiger partial charge in [0.15, 0.2) is 0 Å². The van der Waals surface area contributed by atoms with Gasteiger partial charge >= 0.3 is 0 Å². The van der Waals surface area contributed by atoms with E-state index in [2.05, 4.69) is 16.4 Å². The summed E-state index contributed by atoms with van der Waals surface area (Å²) in [5.74, 6) is -0.0300. The van der Waals surface area contributed by atoms with Gasteiger partial charge in [0.1, 0.15) is 0 Å². The van der Waals surface area contributed by atoms with E-state index in [1.54, 1.807) is 11.3 Å². The Labute approximate surface area is 129 Å². The van der Waals surface area contributed by atoms with Crippen molar-refractivity contribution in [1.82, 2.24) is 4.98 Å². The number of nitrogens with one attached hydrogen (secondary N) is 1. The van der Waals surface area contributed by atoms with Crippen molar-refractivity contribution < 1.29 is 4.79 Å². The smallest absolute Gasteiger partial charge is 0.230 e. The van der Waals surface area contributed by atoms with Gasteiger partial charge in [-0.3, -0.25) is 4.79 Å². The maximum absolute atomic E-state index is 12.1. The number of carbonyl (C=O) groups is 1. The number of thiazole rings is 1. The zero-order valence-corrected chi connectivity index (χ0v) is 13.3. The minimum absolute atomic E-state index is 0.0300. The Kier molecular flexibility index (Phi) is 5.47. The third-order valence-corrected chi connectivity index (χ3v) is 4.15. The lowest BCUT2D eigenvalue weighted by atomic mass is 10.1. The fourth-order valence-electron chi connectivity index (χ4n) is 2.11. The van der Waals surface area contributed by atoms with Crippen molar-refractivity contribution in [2.45, 2.75) is 33.1 Å². The molecule has 1 aromatic heterocycles. The maximum atomic E-state index is 12.1. The number of benzene rings is 1. The highest BCUT2D eigenvalue weighted by Crippen LogP contribution is 2.17. The average molecular weight is 303 g/mol. The summed E-state index contributed by atoms with van der Waals surface area (Å²) in [6.45, 7) is 4.70. The predicted octanol–water partition coefficient (Wildman–Crippen LogP) is 2.83. The fourth-order valence-corrected chi connectivity index (χ4v) is 2.95. The molecule has 0 unspecified atom stereocenters. The molecule has 2 aromatic rings. The molecule has 0 radical (unpaired) electrons. The SMILES string of the molecule is Cc1ccc(NC(=O)Cc2csc(CCCN)n2)c(C)c1. The number of aryl methyl sites for hydroxylation is 3. The van der Waals surface area contributed by atoms with Crippen LogP contribution in [-0.4, -0.2) is 17.4 Å². The first-order valence-electron chi connectivity index (χ1n) is 7.09. The Hall–Kier alpha value is -1.72. The molecule has 0 aliphatic heterocycles. The van der Waals surface area contributed by atoms with Crippen molar-refractivity contribution in [2.24, 2.45) is 5.73 Å². The van der Waals surface area contributed by atoms with Crippen LogP contribution in [0, 0.1) is 13.8 Å². The van der Waals surface area contributed by atoms with Crippen LogP contribution in [0.1, 0.15) is 28.2 Å². The Balaban J connectivity index is 1.93. The van der Waals surface area contributed by atoms with E-state index in [0.717, 1.165) is 34.8 Å². The van der Waals surface area contributed by atoms with Crippen LogP contribution in [0.4, 0.5) is 5.69 Å². The number of nitrogens with two attached hydrogens (primary N) is 1. The van der Waals surface area contributed by atoms with Crippen LogP contribution in [0.25, 0.3) is 0 Å². The Morgan fingerprint density at radius 2 is 2.19 bits per heavy atom. The molecule has 0 fully saturated rings. The molecular formula is C16H21N3OS. The third kappa shape index (κ3) is 4.65. The van der Waals surface area contributed by atoms with Crippen LogP contribution >= 0.6 is 11.3 Å². The number of carbonyl (C=O) groups excluding carboxylic acids is 1. The van der Waals surface area contributed by atoms with E-state index >= 15 is 0 Å². The number of hydrogen-bond acceptors (Lipinski definition) is 4. The summed E-state index contributed by atoms with van der Waals surface area (Å²) in [7, 11) is 0. The molecule has 5 heteroatoms. The molecule has 1 amide bonds. The van der Waals surface area contributed by atoms with E-state index in [1.165, 1.54) is 5.56 Å². The molecule has 3 N–H and O–H groups in total. The van der Waals surface area contributed by atoms with Crippen LogP contribution in [-0.2, 0) is 17.6 Å². The van der Waals surface area contributed by atoms with Gasteiger partial charge in [-0.25, -0.2) is 4.98 Å². The Morgan fingerprint density at radius 3 is 2.90 bits per heavy atom. The van der Waals surface area contributed by atoms with Crippen LogP contribution in [0.5, 0.6) is 0 Å². The van der Waals surface area contributed by atoms with E-state index in [-0.39, 0.29) is 5.91 Å². The van der Waals surface area contributed by atoms with Gasteiger partial charge in [0.05, 0.1) is 17.1 Å². The second-order valence-electron chi connectivity index (χ2n) is 5.17. The number of anilines is 1. The molecule has 4 nitrogen and oxygen atoms in total. The number of aromatic nitrogens is 1. The largest absolute Gasteiger partial charge is 0.330 e. The van der Waals surface area contributed by atoms with E-state index < -0.39 is 0 Å².